The van der Waals surface area contributed by atoms with Crippen LogP contribution in [0.2, 0.25) is 0 Å². The number of benzene rings is 5. The van der Waals surface area contributed by atoms with Crippen molar-refractivity contribution in [2.24, 2.45) is 0 Å². The second kappa shape index (κ2) is 12.8. The Morgan fingerprint density at radius 3 is 2.18 bits per heavy atom. The van der Waals surface area contributed by atoms with Crippen molar-refractivity contribution in [3.8, 4) is 0 Å². The number of carboxylic acids is 1. The summed E-state index contributed by atoms with van der Waals surface area (Å²) in [5.74, 6) is -0.816. The van der Waals surface area contributed by atoms with E-state index in [4.69, 9.17) is 4.74 Å². The van der Waals surface area contributed by atoms with Crippen LogP contribution in [0.4, 0.5) is 11.4 Å². The number of rotatable bonds is 10. The van der Waals surface area contributed by atoms with Gasteiger partial charge in [0, 0.05) is 28.1 Å². The van der Waals surface area contributed by atoms with Crippen molar-refractivity contribution in [1.82, 2.24) is 0 Å². The lowest BCUT2D eigenvalue weighted by Crippen LogP contribution is -2.29. The number of allylic oxidation sites excluding steroid dienone is 6. The number of anilines is 1. The molecule has 0 saturated heterocycles. The van der Waals surface area contributed by atoms with Crippen LogP contribution in [-0.4, -0.2) is 47.5 Å². The molecule has 0 unspecified atom stereocenters. The van der Waals surface area contributed by atoms with Gasteiger partial charge in [-0.05, 0) is 60.0 Å². The molecule has 0 bridgehead atoms. The van der Waals surface area contributed by atoms with Crippen LogP contribution in [0.15, 0.2) is 121 Å². The molecule has 0 aliphatic carbocycles. The third-order valence-corrected chi connectivity index (χ3v) is 10.6. The van der Waals surface area contributed by atoms with Crippen molar-refractivity contribution in [1.29, 1.82) is 0 Å². The van der Waals surface area contributed by atoms with Crippen molar-refractivity contribution in [3.63, 3.8) is 0 Å². The first-order valence-corrected chi connectivity index (χ1v) is 17.3. The summed E-state index contributed by atoms with van der Waals surface area (Å²) in [5, 5.41) is 16.8. The molecule has 0 amide bonds. The van der Waals surface area contributed by atoms with E-state index in [1.165, 1.54) is 38.1 Å². The van der Waals surface area contributed by atoms with Crippen molar-refractivity contribution in [2.75, 3.05) is 24.6 Å². The number of carbonyl (C=O) groups excluding carboxylic acids is 1. The number of carbonyl (C=O) groups is 2. The van der Waals surface area contributed by atoms with E-state index in [0.29, 0.717) is 19.6 Å². The van der Waals surface area contributed by atoms with Gasteiger partial charge in [0.25, 0.3) is 6.47 Å². The molecule has 0 spiro atoms. The van der Waals surface area contributed by atoms with E-state index in [1.807, 2.05) is 0 Å². The molecule has 0 saturated carbocycles. The lowest BCUT2D eigenvalue weighted by atomic mass is 9.78. The molecule has 6 nitrogen and oxygen atoms in total. The first-order chi connectivity index (χ1) is 24.1. The Morgan fingerprint density at radius 2 is 1.48 bits per heavy atom. The molecule has 2 aliphatic heterocycles. The Bertz CT molecular complexity index is 2320. The third kappa shape index (κ3) is 5.40. The Kier molecular flexibility index (Phi) is 8.43. The minimum absolute atomic E-state index is 0.0307. The van der Waals surface area contributed by atoms with Crippen LogP contribution in [0.5, 0.6) is 0 Å². The zero-order chi connectivity index (χ0) is 35.2. The van der Waals surface area contributed by atoms with Crippen LogP contribution in [0.1, 0.15) is 52.2 Å². The molecule has 7 rings (SSSR count). The van der Waals surface area contributed by atoms with E-state index in [9.17, 15) is 14.7 Å². The molecule has 5 aromatic rings. The monoisotopic (exact) mass is 663 g/mol. The molecule has 5 aromatic carbocycles. The van der Waals surface area contributed by atoms with Gasteiger partial charge >= 0.3 is 5.97 Å². The topological polar surface area (TPSA) is 69.8 Å². The zero-order valence-corrected chi connectivity index (χ0v) is 29.4. The number of hydrogen-bond acceptors (Lipinski definition) is 4. The number of fused-ring (bicyclic) bond motifs is 9. The molecule has 252 valence electrons. The Morgan fingerprint density at radius 1 is 0.840 bits per heavy atom. The van der Waals surface area contributed by atoms with Crippen LogP contribution in [0.3, 0.4) is 0 Å². The largest absolute Gasteiger partial charge is 0.481 e. The predicted octanol–water partition coefficient (Wildman–Crippen LogP) is 9.35. The minimum atomic E-state index is -0.816. The van der Waals surface area contributed by atoms with E-state index in [2.05, 4.69) is 153 Å². The summed E-state index contributed by atoms with van der Waals surface area (Å²) in [7, 11) is 0. The first-order valence-electron chi connectivity index (χ1n) is 17.3. The van der Waals surface area contributed by atoms with Crippen LogP contribution in [0, 0.1) is 0 Å². The summed E-state index contributed by atoms with van der Waals surface area (Å²) in [6.45, 7) is 12.8. The van der Waals surface area contributed by atoms with Crippen LogP contribution in [0.25, 0.3) is 32.3 Å². The quantitative estimate of drug-likeness (QED) is 0.0530. The highest BCUT2D eigenvalue weighted by molar-refractivity contribution is 6.19. The van der Waals surface area contributed by atoms with Crippen molar-refractivity contribution in [3.05, 3.63) is 132 Å². The van der Waals surface area contributed by atoms with E-state index in [1.54, 1.807) is 0 Å². The maximum atomic E-state index is 11.9. The number of carboxylic acid groups (broad SMARTS) is 1. The minimum Gasteiger partial charge on any atom is -0.481 e. The smallest absolute Gasteiger partial charge is 0.309 e. The molecular formula is C44H43N2O4+. The lowest BCUT2D eigenvalue weighted by Gasteiger charge is -2.27. The van der Waals surface area contributed by atoms with Crippen LogP contribution < -0.4 is 4.90 Å². The van der Waals surface area contributed by atoms with Gasteiger partial charge in [0.15, 0.2) is 12.3 Å². The van der Waals surface area contributed by atoms with E-state index in [0.717, 1.165) is 33.7 Å². The highest BCUT2D eigenvalue weighted by atomic mass is 16.5. The standard InChI is InChI=1S/C44H42N2O4/c1-29(18-22-37-43(2,3)36-21-20-30-12-6-7-13-31(30)41(36)46(37)26-27-50-28-47)19-23-38-44(4,5)40-34-16-10-8-14-32(34)33-15-9-11-17-35(33)42(40)45(38)25-24-39(48)49/h6-23,28H,24-27H2,1-5H3/p+1. The third-order valence-electron chi connectivity index (χ3n) is 10.6. The average Bonchev–Trinajstić information content (AvgIpc) is 3.47. The molecule has 2 heterocycles. The molecule has 0 aromatic heterocycles. The second-order valence-electron chi connectivity index (χ2n) is 14.3. The summed E-state index contributed by atoms with van der Waals surface area (Å²) in [4.78, 5) is 25.3. The summed E-state index contributed by atoms with van der Waals surface area (Å²) in [6.07, 6.45) is 8.69. The fraction of sp³-hybridized carbons (Fsp3) is 0.250. The van der Waals surface area contributed by atoms with Gasteiger partial charge in [0.1, 0.15) is 13.0 Å². The number of ether oxygens (including phenoxy) is 1. The maximum absolute atomic E-state index is 11.9. The first kappa shape index (κ1) is 33.0. The Labute approximate surface area is 293 Å². The van der Waals surface area contributed by atoms with Crippen molar-refractivity contribution < 1.29 is 24.0 Å². The summed E-state index contributed by atoms with van der Waals surface area (Å²) in [6, 6.07) is 29.8. The van der Waals surface area contributed by atoms with Gasteiger partial charge < -0.3 is 14.7 Å². The average molecular weight is 664 g/mol. The number of aliphatic carboxylic acids is 1. The SMILES string of the molecule is CC(/C=C/C1=[N+](CCC(=O)O)c2c(c3ccccc3c3ccccc23)C1(C)C)=C\C=C1/N(CCOC=O)c2c(ccc3ccccc23)C1(C)C. The van der Waals surface area contributed by atoms with Crippen LogP contribution >= 0.6 is 0 Å². The van der Waals surface area contributed by atoms with E-state index < -0.39 is 5.97 Å². The fourth-order valence-electron chi connectivity index (χ4n) is 8.20. The normalized spacial score (nSPS) is 17.3. The van der Waals surface area contributed by atoms with Gasteiger partial charge in [-0.25, -0.2) is 0 Å². The Balaban J connectivity index is 1.32. The van der Waals surface area contributed by atoms with Crippen molar-refractivity contribution >= 4 is 61.8 Å². The molecule has 1 N–H and O–H groups in total. The van der Waals surface area contributed by atoms with E-state index in [-0.39, 0.29) is 23.9 Å². The van der Waals surface area contributed by atoms with Gasteiger partial charge in [-0.3, -0.25) is 9.59 Å². The molecule has 0 fully saturated rings. The van der Waals surface area contributed by atoms with Crippen LogP contribution in [-0.2, 0) is 25.2 Å². The lowest BCUT2D eigenvalue weighted by molar-refractivity contribution is -0.435. The molecule has 6 heteroatoms. The van der Waals surface area contributed by atoms with Gasteiger partial charge in [0.2, 0.25) is 5.69 Å². The predicted molar refractivity (Wildman–Crippen MR) is 204 cm³/mol. The fourth-order valence-corrected chi connectivity index (χ4v) is 8.20. The maximum Gasteiger partial charge on any atom is 0.309 e. The number of hydrogen-bond donors (Lipinski definition) is 1. The van der Waals surface area contributed by atoms with Gasteiger partial charge in [-0.1, -0.05) is 110 Å². The highest BCUT2D eigenvalue weighted by Crippen LogP contribution is 2.51. The molecule has 0 atom stereocenters. The second-order valence-corrected chi connectivity index (χ2v) is 14.3. The molecule has 0 radical (unpaired) electrons. The Hall–Kier alpha value is -5.49. The molecule has 2 aliphatic rings. The van der Waals surface area contributed by atoms with Gasteiger partial charge in [0.05, 0.1) is 23.0 Å². The summed E-state index contributed by atoms with van der Waals surface area (Å²) < 4.78 is 7.42. The molecular weight excluding hydrogens is 620 g/mol. The summed E-state index contributed by atoms with van der Waals surface area (Å²) in [5.41, 5.74) is 7.34. The van der Waals surface area contributed by atoms with Gasteiger partial charge in [-0.2, -0.15) is 4.58 Å². The zero-order valence-electron chi connectivity index (χ0n) is 29.4. The summed E-state index contributed by atoms with van der Waals surface area (Å²) >= 11 is 0. The van der Waals surface area contributed by atoms with Gasteiger partial charge in [-0.15, -0.1) is 0 Å². The number of nitrogens with zero attached hydrogens (tertiary/aromatic N) is 2. The highest BCUT2D eigenvalue weighted by Gasteiger charge is 2.47. The van der Waals surface area contributed by atoms with Crippen molar-refractivity contribution in [2.45, 2.75) is 51.9 Å². The molecule has 50 heavy (non-hydrogen) atoms. The van der Waals surface area contributed by atoms with E-state index >= 15 is 0 Å².